The van der Waals surface area contributed by atoms with Crippen molar-refractivity contribution in [2.24, 2.45) is 5.73 Å². The third kappa shape index (κ3) is 2.23. The zero-order valence-electron chi connectivity index (χ0n) is 7.84. The quantitative estimate of drug-likeness (QED) is 0.787. The van der Waals surface area contributed by atoms with Gasteiger partial charge in [-0.3, -0.25) is 0 Å². The van der Waals surface area contributed by atoms with Crippen molar-refractivity contribution in [1.29, 1.82) is 0 Å². The first-order valence-corrected chi connectivity index (χ1v) is 6.33. The lowest BCUT2D eigenvalue weighted by Crippen LogP contribution is -2.14. The van der Waals surface area contributed by atoms with E-state index in [0.717, 1.165) is 17.9 Å². The molecule has 0 radical (unpaired) electrons. The van der Waals surface area contributed by atoms with E-state index in [1.807, 2.05) is 6.07 Å². The molecule has 2 atom stereocenters. The van der Waals surface area contributed by atoms with E-state index in [1.165, 1.54) is 15.6 Å². The van der Waals surface area contributed by atoms with E-state index in [9.17, 15) is 0 Å². The molecule has 0 heterocycles. The molecule has 0 spiro atoms. The molecule has 2 unspecified atom stereocenters. The Morgan fingerprint density at radius 3 is 2.71 bits per heavy atom. The van der Waals surface area contributed by atoms with Crippen LogP contribution in [0.25, 0.3) is 0 Å². The van der Waals surface area contributed by atoms with E-state index in [1.54, 1.807) is 0 Å². The van der Waals surface area contributed by atoms with Crippen LogP contribution in [0.4, 0.5) is 0 Å². The van der Waals surface area contributed by atoms with Crippen molar-refractivity contribution < 1.29 is 0 Å². The van der Waals surface area contributed by atoms with Crippen LogP contribution in [0.5, 0.6) is 0 Å². The number of hydrogen-bond donors (Lipinski definition) is 1. The molecule has 1 fully saturated rings. The summed E-state index contributed by atoms with van der Waals surface area (Å²) in [6.45, 7) is 0. The van der Waals surface area contributed by atoms with Crippen LogP contribution < -0.4 is 5.73 Å². The largest absolute Gasteiger partial charge is 0.328 e. The third-order valence-corrected chi connectivity index (χ3v) is 3.87. The summed E-state index contributed by atoms with van der Waals surface area (Å²) >= 11 is 8.49. The average Bonchev–Trinajstić information content (AvgIpc) is 2.51. The fraction of sp³-hybridized carbons (Fsp3) is 0.455. The number of halogens is 2. The minimum absolute atomic E-state index is 0.371. The summed E-state index contributed by atoms with van der Waals surface area (Å²) in [5.74, 6) is 0.578. The summed E-state index contributed by atoms with van der Waals surface area (Å²) < 4.78 is 1.19. The Kier molecular flexibility index (Phi) is 3.34. The fourth-order valence-corrected chi connectivity index (χ4v) is 3.14. The molecule has 0 aliphatic heterocycles. The normalized spacial score (nSPS) is 26.8. The molecule has 3 heteroatoms. The Morgan fingerprint density at radius 1 is 1.36 bits per heavy atom. The second-order valence-corrected chi connectivity index (χ2v) is 5.59. The van der Waals surface area contributed by atoms with Gasteiger partial charge in [-0.1, -0.05) is 17.7 Å². The Labute approximate surface area is 103 Å². The van der Waals surface area contributed by atoms with Gasteiger partial charge < -0.3 is 5.73 Å². The number of nitrogens with two attached hydrogens (primary N) is 1. The van der Waals surface area contributed by atoms with Crippen molar-refractivity contribution in [3.05, 3.63) is 32.4 Å². The van der Waals surface area contributed by atoms with Crippen molar-refractivity contribution in [3.8, 4) is 0 Å². The minimum Gasteiger partial charge on any atom is -0.328 e. The van der Waals surface area contributed by atoms with Crippen LogP contribution >= 0.6 is 34.2 Å². The van der Waals surface area contributed by atoms with Crippen LogP contribution in [0, 0.1) is 3.57 Å². The van der Waals surface area contributed by atoms with Gasteiger partial charge >= 0.3 is 0 Å². The monoisotopic (exact) mass is 321 g/mol. The molecule has 1 aromatic rings. The van der Waals surface area contributed by atoms with E-state index in [2.05, 4.69) is 34.7 Å². The Balaban J connectivity index is 2.24. The van der Waals surface area contributed by atoms with Crippen molar-refractivity contribution in [2.75, 3.05) is 0 Å². The molecule has 1 aliphatic rings. The third-order valence-electron chi connectivity index (χ3n) is 2.88. The van der Waals surface area contributed by atoms with E-state index in [4.69, 9.17) is 17.3 Å². The molecule has 2 N–H and O–H groups in total. The molecule has 1 saturated carbocycles. The molecule has 0 amide bonds. The summed E-state index contributed by atoms with van der Waals surface area (Å²) in [7, 11) is 0. The summed E-state index contributed by atoms with van der Waals surface area (Å²) in [4.78, 5) is 0. The van der Waals surface area contributed by atoms with Crippen molar-refractivity contribution in [3.63, 3.8) is 0 Å². The van der Waals surface area contributed by atoms with E-state index >= 15 is 0 Å². The standard InChI is InChI=1S/C11H13ClIN/c12-11-6-8(13)2-4-10(11)7-1-3-9(14)5-7/h2,4,6-7,9H,1,3,5,14H2. The van der Waals surface area contributed by atoms with Gasteiger partial charge in [0, 0.05) is 14.6 Å². The highest BCUT2D eigenvalue weighted by molar-refractivity contribution is 14.1. The first-order valence-electron chi connectivity index (χ1n) is 4.87. The van der Waals surface area contributed by atoms with Crippen molar-refractivity contribution >= 4 is 34.2 Å². The topological polar surface area (TPSA) is 26.0 Å². The van der Waals surface area contributed by atoms with Gasteiger partial charge in [0.15, 0.2) is 0 Å². The Hall–Kier alpha value is 0.200. The summed E-state index contributed by atoms with van der Waals surface area (Å²) in [6.07, 6.45) is 3.40. The number of rotatable bonds is 1. The second kappa shape index (κ2) is 4.37. The smallest absolute Gasteiger partial charge is 0.0451 e. The molecule has 0 bridgehead atoms. The predicted octanol–water partition coefficient (Wildman–Crippen LogP) is 3.54. The first-order chi connectivity index (χ1) is 6.66. The lowest BCUT2D eigenvalue weighted by Gasteiger charge is -2.12. The molecular weight excluding hydrogens is 308 g/mol. The number of hydrogen-bond acceptors (Lipinski definition) is 1. The van der Waals surface area contributed by atoms with Crippen molar-refractivity contribution in [1.82, 2.24) is 0 Å². The molecule has 1 aliphatic carbocycles. The minimum atomic E-state index is 0.371. The Bertz CT molecular complexity index is 340. The SMILES string of the molecule is NC1CCC(c2ccc(I)cc2Cl)C1. The lowest BCUT2D eigenvalue weighted by atomic mass is 9.97. The van der Waals surface area contributed by atoms with E-state index in [0.29, 0.717) is 12.0 Å². The van der Waals surface area contributed by atoms with E-state index in [-0.39, 0.29) is 0 Å². The molecule has 1 nitrogen and oxygen atoms in total. The Morgan fingerprint density at radius 2 is 2.14 bits per heavy atom. The highest BCUT2D eigenvalue weighted by atomic mass is 127. The lowest BCUT2D eigenvalue weighted by molar-refractivity contribution is 0.675. The summed E-state index contributed by atoms with van der Waals surface area (Å²) in [5, 5.41) is 0.899. The highest BCUT2D eigenvalue weighted by Crippen LogP contribution is 2.37. The molecule has 2 rings (SSSR count). The predicted molar refractivity (Wildman–Crippen MR) is 68.7 cm³/mol. The van der Waals surface area contributed by atoms with Gasteiger partial charge in [-0.25, -0.2) is 0 Å². The summed E-state index contributed by atoms with van der Waals surface area (Å²) in [5.41, 5.74) is 7.18. The van der Waals surface area contributed by atoms with Gasteiger partial charge in [-0.05, 0) is 65.5 Å². The van der Waals surface area contributed by atoms with Gasteiger partial charge in [0.05, 0.1) is 0 Å². The maximum Gasteiger partial charge on any atom is 0.0451 e. The number of benzene rings is 1. The zero-order chi connectivity index (χ0) is 10.1. The van der Waals surface area contributed by atoms with Crippen LogP contribution in [0.2, 0.25) is 5.02 Å². The fourth-order valence-electron chi connectivity index (χ4n) is 2.13. The molecule has 1 aromatic carbocycles. The zero-order valence-corrected chi connectivity index (χ0v) is 10.8. The highest BCUT2D eigenvalue weighted by Gasteiger charge is 2.24. The van der Waals surface area contributed by atoms with Crippen LogP contribution in [0.15, 0.2) is 18.2 Å². The second-order valence-electron chi connectivity index (χ2n) is 3.94. The molecular formula is C11H13ClIN. The maximum absolute atomic E-state index is 6.21. The van der Waals surface area contributed by atoms with Crippen molar-refractivity contribution in [2.45, 2.75) is 31.2 Å². The van der Waals surface area contributed by atoms with Crippen LogP contribution in [0.1, 0.15) is 30.7 Å². The van der Waals surface area contributed by atoms with Gasteiger partial charge in [-0.2, -0.15) is 0 Å². The van der Waals surface area contributed by atoms with Gasteiger partial charge in [0.1, 0.15) is 0 Å². The first kappa shape index (κ1) is 10.7. The van der Waals surface area contributed by atoms with Gasteiger partial charge in [0.25, 0.3) is 0 Å². The maximum atomic E-state index is 6.21. The molecule has 14 heavy (non-hydrogen) atoms. The molecule has 0 saturated heterocycles. The molecule has 76 valence electrons. The van der Waals surface area contributed by atoms with Crippen LogP contribution in [0.3, 0.4) is 0 Å². The summed E-state index contributed by atoms with van der Waals surface area (Å²) in [6, 6.07) is 6.66. The van der Waals surface area contributed by atoms with Gasteiger partial charge in [0.2, 0.25) is 0 Å². The van der Waals surface area contributed by atoms with Gasteiger partial charge in [-0.15, -0.1) is 0 Å². The van der Waals surface area contributed by atoms with Crippen LogP contribution in [-0.2, 0) is 0 Å². The average molecular weight is 322 g/mol. The van der Waals surface area contributed by atoms with Crippen LogP contribution in [-0.4, -0.2) is 6.04 Å². The molecule has 0 aromatic heterocycles. The van der Waals surface area contributed by atoms with E-state index < -0.39 is 0 Å².